The number of quaternary nitrogens is 1. The zero-order chi connectivity index (χ0) is 11.7. The lowest BCUT2D eigenvalue weighted by molar-refractivity contribution is -0.900. The Morgan fingerprint density at radius 2 is 2.06 bits per heavy atom. The molecule has 2 aliphatic carbocycles. The zero-order valence-electron chi connectivity index (χ0n) is 10.3. The van der Waals surface area contributed by atoms with Crippen molar-refractivity contribution >= 4 is 5.97 Å². The second-order valence-corrected chi connectivity index (χ2v) is 5.74. The van der Waals surface area contributed by atoms with E-state index in [2.05, 4.69) is 0 Å². The average Bonchev–Trinajstić information content (AvgIpc) is 2.92. The van der Waals surface area contributed by atoms with Gasteiger partial charge in [-0.05, 0) is 37.5 Å². The Balaban J connectivity index is 1.44. The summed E-state index contributed by atoms with van der Waals surface area (Å²) in [6, 6.07) is 0. The molecule has 2 bridgehead atoms. The largest absolute Gasteiger partial charge is 0.458 e. The van der Waals surface area contributed by atoms with E-state index >= 15 is 0 Å². The smallest absolute Gasteiger partial charge is 0.361 e. The first-order valence-electron chi connectivity index (χ1n) is 6.92. The molecule has 0 spiro atoms. The van der Waals surface area contributed by atoms with Crippen LogP contribution in [0.4, 0.5) is 0 Å². The Labute approximate surface area is 102 Å². The van der Waals surface area contributed by atoms with Gasteiger partial charge in [-0.25, -0.2) is 4.79 Å². The number of fused-ring (bicyclic) bond motifs is 2. The van der Waals surface area contributed by atoms with E-state index in [4.69, 9.17) is 9.47 Å². The first kappa shape index (κ1) is 11.5. The van der Waals surface area contributed by atoms with Crippen molar-refractivity contribution in [1.82, 2.24) is 0 Å². The van der Waals surface area contributed by atoms with E-state index in [-0.39, 0.29) is 12.1 Å². The third-order valence-corrected chi connectivity index (χ3v) is 4.55. The Morgan fingerprint density at radius 1 is 1.24 bits per heavy atom. The predicted molar refractivity (Wildman–Crippen MR) is 61.7 cm³/mol. The van der Waals surface area contributed by atoms with Crippen LogP contribution < -0.4 is 4.90 Å². The molecule has 1 saturated heterocycles. The van der Waals surface area contributed by atoms with Crippen LogP contribution >= 0.6 is 0 Å². The average molecular weight is 240 g/mol. The van der Waals surface area contributed by atoms with Gasteiger partial charge in [0.1, 0.15) is 19.2 Å². The second kappa shape index (κ2) is 4.94. The van der Waals surface area contributed by atoms with Crippen LogP contribution in [0.1, 0.15) is 25.7 Å². The topological polar surface area (TPSA) is 40.0 Å². The number of hydrogen-bond acceptors (Lipinski definition) is 3. The molecule has 3 unspecified atom stereocenters. The molecule has 4 nitrogen and oxygen atoms in total. The summed E-state index contributed by atoms with van der Waals surface area (Å²) in [5.41, 5.74) is 0. The quantitative estimate of drug-likeness (QED) is 0.685. The molecule has 3 atom stereocenters. The minimum atomic E-state index is -0.000509. The lowest BCUT2D eigenvalue weighted by atomic mass is 9.98. The summed E-state index contributed by atoms with van der Waals surface area (Å²) in [4.78, 5) is 13.2. The summed E-state index contributed by atoms with van der Waals surface area (Å²) in [6.45, 7) is 3.95. The minimum Gasteiger partial charge on any atom is -0.458 e. The number of hydrogen-bond donors (Lipinski definition) is 1. The Hall–Kier alpha value is -0.610. The first-order chi connectivity index (χ1) is 8.31. The van der Waals surface area contributed by atoms with Crippen molar-refractivity contribution < 1.29 is 19.2 Å². The van der Waals surface area contributed by atoms with Crippen LogP contribution in [0.15, 0.2) is 0 Å². The number of rotatable bonds is 3. The van der Waals surface area contributed by atoms with Gasteiger partial charge in [0.2, 0.25) is 0 Å². The van der Waals surface area contributed by atoms with E-state index in [1.54, 1.807) is 0 Å². The molecule has 4 heteroatoms. The van der Waals surface area contributed by atoms with Crippen LogP contribution in [-0.2, 0) is 14.3 Å². The summed E-state index contributed by atoms with van der Waals surface area (Å²) < 4.78 is 10.9. The number of nitrogens with one attached hydrogen (secondary N) is 1. The Morgan fingerprint density at radius 3 is 2.71 bits per heavy atom. The van der Waals surface area contributed by atoms with Crippen molar-refractivity contribution in [2.24, 2.45) is 11.8 Å². The molecule has 1 heterocycles. The fourth-order valence-corrected chi connectivity index (χ4v) is 3.58. The first-order valence-corrected chi connectivity index (χ1v) is 6.92. The van der Waals surface area contributed by atoms with E-state index in [0.717, 1.165) is 38.6 Å². The minimum absolute atomic E-state index is 0.000509. The fraction of sp³-hybridized carbons (Fsp3) is 0.923. The molecule has 3 fully saturated rings. The van der Waals surface area contributed by atoms with Crippen molar-refractivity contribution in [3.8, 4) is 0 Å². The van der Waals surface area contributed by atoms with Crippen molar-refractivity contribution in [2.45, 2.75) is 31.8 Å². The van der Waals surface area contributed by atoms with Gasteiger partial charge in [-0.15, -0.1) is 0 Å². The lowest BCUT2D eigenvalue weighted by Gasteiger charge is -2.25. The molecule has 0 amide bonds. The van der Waals surface area contributed by atoms with Gasteiger partial charge in [0.05, 0.1) is 13.2 Å². The van der Waals surface area contributed by atoms with Gasteiger partial charge in [0, 0.05) is 0 Å². The molecular formula is C13H22NO3+. The van der Waals surface area contributed by atoms with E-state index in [0.29, 0.717) is 12.5 Å². The fourth-order valence-electron chi connectivity index (χ4n) is 3.58. The summed E-state index contributed by atoms with van der Waals surface area (Å²) in [7, 11) is 0. The normalized spacial score (nSPS) is 37.3. The summed E-state index contributed by atoms with van der Waals surface area (Å²) in [6.07, 6.45) is 5.28. The molecule has 3 aliphatic rings. The Bertz CT molecular complexity index is 288. The van der Waals surface area contributed by atoms with Crippen LogP contribution in [-0.4, -0.2) is 44.9 Å². The van der Waals surface area contributed by atoms with Gasteiger partial charge in [-0.3, -0.25) is 0 Å². The molecule has 17 heavy (non-hydrogen) atoms. The monoisotopic (exact) mass is 240 g/mol. The SMILES string of the molecule is O=C(C[NH+]1CCOCC1)OC1CC2CCC1C2. The highest BCUT2D eigenvalue weighted by Crippen LogP contribution is 2.45. The number of carbonyl (C=O) groups excluding carboxylic acids is 1. The molecule has 0 aromatic rings. The summed E-state index contributed by atoms with van der Waals surface area (Å²) >= 11 is 0. The summed E-state index contributed by atoms with van der Waals surface area (Å²) in [5, 5.41) is 0. The maximum atomic E-state index is 11.9. The van der Waals surface area contributed by atoms with Gasteiger partial charge in [-0.1, -0.05) is 0 Å². The number of morpholine rings is 1. The van der Waals surface area contributed by atoms with Crippen LogP contribution in [0.5, 0.6) is 0 Å². The molecular weight excluding hydrogens is 218 g/mol. The van der Waals surface area contributed by atoms with E-state index in [1.807, 2.05) is 0 Å². The molecule has 0 radical (unpaired) electrons. The van der Waals surface area contributed by atoms with Crippen molar-refractivity contribution in [1.29, 1.82) is 0 Å². The standard InChI is InChI=1S/C13H21NO3/c15-13(9-14-3-5-16-6-4-14)17-12-8-10-1-2-11(12)7-10/h10-12H,1-9H2/p+1. The van der Waals surface area contributed by atoms with Crippen LogP contribution in [0, 0.1) is 11.8 Å². The number of esters is 1. The van der Waals surface area contributed by atoms with Gasteiger partial charge >= 0.3 is 5.97 Å². The second-order valence-electron chi connectivity index (χ2n) is 5.74. The molecule has 0 aromatic heterocycles. The molecule has 0 aromatic carbocycles. The summed E-state index contributed by atoms with van der Waals surface area (Å²) in [5.74, 6) is 1.51. The van der Waals surface area contributed by atoms with Gasteiger partial charge in [0.25, 0.3) is 0 Å². The van der Waals surface area contributed by atoms with Crippen LogP contribution in [0.25, 0.3) is 0 Å². The zero-order valence-corrected chi connectivity index (χ0v) is 10.3. The van der Waals surface area contributed by atoms with E-state index in [9.17, 15) is 4.79 Å². The molecule has 2 saturated carbocycles. The predicted octanol–water partition coefficient (Wildman–Crippen LogP) is -0.367. The van der Waals surface area contributed by atoms with Crippen molar-refractivity contribution in [3.63, 3.8) is 0 Å². The van der Waals surface area contributed by atoms with Crippen LogP contribution in [0.2, 0.25) is 0 Å². The molecule has 1 aliphatic heterocycles. The maximum Gasteiger partial charge on any atom is 0.361 e. The Kier molecular flexibility index (Phi) is 3.34. The van der Waals surface area contributed by atoms with Gasteiger partial charge in [0.15, 0.2) is 6.54 Å². The molecule has 96 valence electrons. The lowest BCUT2D eigenvalue weighted by Crippen LogP contribution is -3.15. The number of carbonyl (C=O) groups is 1. The maximum absolute atomic E-state index is 11.9. The molecule has 1 N–H and O–H groups in total. The highest BCUT2D eigenvalue weighted by Gasteiger charge is 2.41. The van der Waals surface area contributed by atoms with Gasteiger partial charge in [-0.2, -0.15) is 0 Å². The van der Waals surface area contributed by atoms with Crippen LogP contribution in [0.3, 0.4) is 0 Å². The third-order valence-electron chi connectivity index (χ3n) is 4.55. The van der Waals surface area contributed by atoms with Crippen molar-refractivity contribution in [2.75, 3.05) is 32.8 Å². The highest BCUT2D eigenvalue weighted by molar-refractivity contribution is 5.70. The third kappa shape index (κ3) is 2.63. The van der Waals surface area contributed by atoms with E-state index in [1.165, 1.54) is 24.2 Å². The molecule has 3 rings (SSSR count). The highest BCUT2D eigenvalue weighted by atomic mass is 16.5. The number of ether oxygens (including phenoxy) is 2. The van der Waals surface area contributed by atoms with Gasteiger partial charge < -0.3 is 14.4 Å². The van der Waals surface area contributed by atoms with Crippen molar-refractivity contribution in [3.05, 3.63) is 0 Å². The van der Waals surface area contributed by atoms with E-state index < -0.39 is 0 Å².